The number of benzene rings is 1. The quantitative estimate of drug-likeness (QED) is 0.798. The van der Waals surface area contributed by atoms with Gasteiger partial charge in [-0.15, -0.1) is 0 Å². The predicted octanol–water partition coefficient (Wildman–Crippen LogP) is 0.954. The smallest absolute Gasteiger partial charge is 0.269 e. The lowest BCUT2D eigenvalue weighted by atomic mass is 10.3. The zero-order valence-corrected chi connectivity index (χ0v) is 9.87. The fraction of sp³-hybridized carbons (Fsp3) is 0.167. The molecule has 6 nitrogen and oxygen atoms in total. The molecule has 0 fully saturated rings. The van der Waals surface area contributed by atoms with Crippen molar-refractivity contribution >= 4 is 5.91 Å². The van der Waals surface area contributed by atoms with Gasteiger partial charge >= 0.3 is 0 Å². The van der Waals surface area contributed by atoms with Crippen LogP contribution in [-0.2, 0) is 4.74 Å². The predicted molar refractivity (Wildman–Crippen MR) is 64.6 cm³/mol. The number of ether oxygens (including phenoxy) is 2. The molecule has 1 aromatic heterocycles. The summed E-state index contributed by atoms with van der Waals surface area (Å²) in [5, 5.41) is 4.09. The zero-order valence-electron chi connectivity index (χ0n) is 9.87. The van der Waals surface area contributed by atoms with Gasteiger partial charge in [0.25, 0.3) is 5.91 Å². The minimum absolute atomic E-state index is 0.0662. The molecule has 0 aliphatic rings. The van der Waals surface area contributed by atoms with Crippen molar-refractivity contribution in [3.05, 3.63) is 42.1 Å². The molecule has 0 aliphatic heterocycles. The largest absolute Gasteiger partial charge is 0.450 e. The van der Waals surface area contributed by atoms with Crippen molar-refractivity contribution < 1.29 is 14.3 Å². The number of nitrogens with zero attached hydrogens (tertiary/aromatic N) is 2. The van der Waals surface area contributed by atoms with Gasteiger partial charge in [0.2, 0.25) is 5.88 Å². The first-order chi connectivity index (χ1) is 8.72. The van der Waals surface area contributed by atoms with Crippen molar-refractivity contribution in [2.75, 3.05) is 13.9 Å². The number of amides is 1. The second-order valence-corrected chi connectivity index (χ2v) is 3.53. The third-order valence-electron chi connectivity index (χ3n) is 2.25. The Morgan fingerprint density at radius 3 is 2.72 bits per heavy atom. The molecule has 1 heterocycles. The van der Waals surface area contributed by atoms with Crippen molar-refractivity contribution in [3.8, 4) is 11.6 Å². The molecule has 1 aromatic carbocycles. The molecular formula is C12H13N3O3. The van der Waals surface area contributed by atoms with E-state index in [4.69, 9.17) is 15.2 Å². The second kappa shape index (κ2) is 5.33. The number of methoxy groups -OCH3 is 1. The SMILES string of the molecule is COCOc1cc(C(N)=O)nn1-c1ccccc1. The van der Waals surface area contributed by atoms with E-state index in [0.717, 1.165) is 5.69 Å². The highest BCUT2D eigenvalue weighted by atomic mass is 16.7. The van der Waals surface area contributed by atoms with Crippen LogP contribution in [0.5, 0.6) is 5.88 Å². The molecule has 0 aliphatic carbocycles. The number of nitrogens with two attached hydrogens (primary N) is 1. The summed E-state index contributed by atoms with van der Waals surface area (Å²) in [4.78, 5) is 11.1. The fourth-order valence-electron chi connectivity index (χ4n) is 1.46. The number of para-hydroxylation sites is 1. The van der Waals surface area contributed by atoms with E-state index < -0.39 is 5.91 Å². The number of hydrogen-bond acceptors (Lipinski definition) is 4. The fourth-order valence-corrected chi connectivity index (χ4v) is 1.46. The Hall–Kier alpha value is -2.34. The lowest BCUT2D eigenvalue weighted by molar-refractivity contribution is 0.0459. The van der Waals surface area contributed by atoms with Gasteiger partial charge in [-0.2, -0.15) is 5.10 Å². The first-order valence-corrected chi connectivity index (χ1v) is 5.29. The maximum Gasteiger partial charge on any atom is 0.269 e. The van der Waals surface area contributed by atoms with Crippen LogP contribution in [0.1, 0.15) is 10.5 Å². The number of aromatic nitrogens is 2. The van der Waals surface area contributed by atoms with E-state index in [0.29, 0.717) is 5.88 Å². The minimum Gasteiger partial charge on any atom is -0.450 e. The Kier molecular flexibility index (Phi) is 3.59. The van der Waals surface area contributed by atoms with Crippen molar-refractivity contribution in [3.63, 3.8) is 0 Å². The van der Waals surface area contributed by atoms with E-state index in [-0.39, 0.29) is 12.5 Å². The monoisotopic (exact) mass is 247 g/mol. The van der Waals surface area contributed by atoms with E-state index in [1.165, 1.54) is 17.9 Å². The molecule has 94 valence electrons. The number of carbonyl (C=O) groups excluding carboxylic acids is 1. The molecule has 2 N–H and O–H groups in total. The summed E-state index contributed by atoms with van der Waals surface area (Å²) in [6, 6.07) is 10.8. The van der Waals surface area contributed by atoms with Gasteiger partial charge in [-0.25, -0.2) is 4.68 Å². The Balaban J connectivity index is 2.40. The maximum atomic E-state index is 11.1. The van der Waals surface area contributed by atoms with Crippen molar-refractivity contribution in [1.82, 2.24) is 9.78 Å². The number of primary amides is 1. The molecule has 0 saturated heterocycles. The highest BCUT2D eigenvalue weighted by Crippen LogP contribution is 2.19. The molecule has 2 aromatic rings. The summed E-state index contributed by atoms with van der Waals surface area (Å²) in [7, 11) is 1.51. The Labute approximate surface area is 104 Å². The van der Waals surface area contributed by atoms with Gasteiger partial charge in [0.05, 0.1) is 5.69 Å². The first-order valence-electron chi connectivity index (χ1n) is 5.29. The second-order valence-electron chi connectivity index (χ2n) is 3.53. The van der Waals surface area contributed by atoms with Crippen molar-refractivity contribution in [2.24, 2.45) is 5.73 Å². The number of carbonyl (C=O) groups is 1. The molecular weight excluding hydrogens is 234 g/mol. The molecule has 0 unspecified atom stereocenters. The van der Waals surface area contributed by atoms with E-state index in [1.807, 2.05) is 30.3 Å². The van der Waals surface area contributed by atoms with Gasteiger partial charge in [-0.3, -0.25) is 4.79 Å². The lowest BCUT2D eigenvalue weighted by Gasteiger charge is -2.07. The van der Waals surface area contributed by atoms with E-state index in [1.54, 1.807) is 0 Å². The summed E-state index contributed by atoms with van der Waals surface area (Å²) in [5.41, 5.74) is 6.12. The molecule has 1 amide bonds. The van der Waals surface area contributed by atoms with Gasteiger partial charge in [0.15, 0.2) is 12.5 Å². The van der Waals surface area contributed by atoms with Crippen LogP contribution in [0.15, 0.2) is 36.4 Å². The molecule has 2 rings (SSSR count). The van der Waals surface area contributed by atoms with Crippen LogP contribution in [-0.4, -0.2) is 29.6 Å². The van der Waals surface area contributed by atoms with Gasteiger partial charge in [0.1, 0.15) is 0 Å². The summed E-state index contributed by atoms with van der Waals surface area (Å²) in [6.45, 7) is 0.0662. The highest BCUT2D eigenvalue weighted by Gasteiger charge is 2.13. The summed E-state index contributed by atoms with van der Waals surface area (Å²) >= 11 is 0. The average Bonchev–Trinajstić information content (AvgIpc) is 2.81. The first kappa shape index (κ1) is 12.1. The molecule has 0 bridgehead atoms. The number of hydrogen-bond donors (Lipinski definition) is 1. The molecule has 18 heavy (non-hydrogen) atoms. The van der Waals surface area contributed by atoms with Crippen molar-refractivity contribution in [2.45, 2.75) is 0 Å². The Morgan fingerprint density at radius 2 is 2.11 bits per heavy atom. The molecule has 0 spiro atoms. The minimum atomic E-state index is -0.605. The summed E-state index contributed by atoms with van der Waals surface area (Å²) in [5.74, 6) is -0.205. The van der Waals surface area contributed by atoms with E-state index in [2.05, 4.69) is 5.10 Å². The van der Waals surface area contributed by atoms with Crippen molar-refractivity contribution in [1.29, 1.82) is 0 Å². The molecule has 0 radical (unpaired) electrons. The summed E-state index contributed by atoms with van der Waals surface area (Å²) in [6.07, 6.45) is 0. The molecule has 0 atom stereocenters. The lowest BCUT2D eigenvalue weighted by Crippen LogP contribution is -2.12. The summed E-state index contributed by atoms with van der Waals surface area (Å²) < 4.78 is 11.7. The third-order valence-corrected chi connectivity index (χ3v) is 2.25. The van der Waals surface area contributed by atoms with Gasteiger partial charge < -0.3 is 15.2 Å². The normalized spacial score (nSPS) is 10.3. The highest BCUT2D eigenvalue weighted by molar-refractivity contribution is 5.91. The number of rotatable bonds is 5. The van der Waals surface area contributed by atoms with Crippen LogP contribution in [0.2, 0.25) is 0 Å². The van der Waals surface area contributed by atoms with Crippen LogP contribution in [0.4, 0.5) is 0 Å². The van der Waals surface area contributed by atoms with Crippen LogP contribution >= 0.6 is 0 Å². The van der Waals surface area contributed by atoms with Gasteiger partial charge in [-0.05, 0) is 12.1 Å². The molecule has 0 saturated carbocycles. The van der Waals surface area contributed by atoms with Gasteiger partial charge in [0, 0.05) is 13.2 Å². The maximum absolute atomic E-state index is 11.1. The van der Waals surface area contributed by atoms with Crippen LogP contribution in [0.25, 0.3) is 5.69 Å². The van der Waals surface area contributed by atoms with Gasteiger partial charge in [-0.1, -0.05) is 18.2 Å². The van der Waals surface area contributed by atoms with Crippen LogP contribution in [0.3, 0.4) is 0 Å². The third kappa shape index (κ3) is 2.49. The Bertz CT molecular complexity index is 537. The van der Waals surface area contributed by atoms with E-state index in [9.17, 15) is 4.79 Å². The zero-order chi connectivity index (χ0) is 13.0. The topological polar surface area (TPSA) is 79.4 Å². The molecule has 6 heteroatoms. The standard InChI is InChI=1S/C12H13N3O3/c1-17-8-18-11-7-10(12(13)16)14-15(11)9-5-3-2-4-6-9/h2-7H,8H2,1H3,(H2,13,16). The van der Waals surface area contributed by atoms with Crippen LogP contribution < -0.4 is 10.5 Å². The Morgan fingerprint density at radius 1 is 1.39 bits per heavy atom. The van der Waals surface area contributed by atoms with E-state index >= 15 is 0 Å². The van der Waals surface area contributed by atoms with Crippen LogP contribution in [0, 0.1) is 0 Å². The average molecular weight is 247 g/mol.